The van der Waals surface area contributed by atoms with E-state index in [4.69, 9.17) is 16.4 Å². The molecule has 0 unspecified atom stereocenters. The number of oxime groups is 1. The minimum atomic E-state index is -0.534. The fraction of sp³-hybridized carbons (Fsp3) is 0.278. The number of likely N-dealkylation sites (tertiary alicyclic amines) is 1. The molecule has 0 saturated carbocycles. The Hall–Kier alpha value is -2.51. The summed E-state index contributed by atoms with van der Waals surface area (Å²) in [6.45, 7) is 2.12. The smallest absolute Gasteiger partial charge is 0.273 e. The zero-order valence-electron chi connectivity index (χ0n) is 13.7. The summed E-state index contributed by atoms with van der Waals surface area (Å²) in [4.78, 5) is 24.3. The number of carbonyl (C=O) groups excluding carboxylic acids is 1. The van der Waals surface area contributed by atoms with Crippen molar-refractivity contribution >= 4 is 28.9 Å². The standard InChI is InChI=1S/C18H16ClFN4O2/c19-14-6-12(3-4-15(14)20)22-18(25)17-13-9-24(10-16(13)26-23-17)8-11-2-1-5-21-7-11/h1-7,13,16H,8-10H2,(H,22,25)/t13-,16+/m0/s1. The monoisotopic (exact) mass is 374 g/mol. The van der Waals surface area contributed by atoms with E-state index >= 15 is 0 Å². The van der Waals surface area contributed by atoms with Crippen molar-refractivity contribution in [3.63, 3.8) is 0 Å². The van der Waals surface area contributed by atoms with E-state index in [2.05, 4.69) is 20.4 Å². The van der Waals surface area contributed by atoms with Crippen LogP contribution in [0.5, 0.6) is 0 Å². The van der Waals surface area contributed by atoms with Crippen LogP contribution in [0.15, 0.2) is 47.9 Å². The van der Waals surface area contributed by atoms with E-state index in [0.717, 1.165) is 12.1 Å². The highest BCUT2D eigenvalue weighted by Crippen LogP contribution is 2.29. The number of fused-ring (bicyclic) bond motifs is 1. The third kappa shape index (κ3) is 3.40. The molecular weight excluding hydrogens is 359 g/mol. The van der Waals surface area contributed by atoms with Crippen molar-refractivity contribution < 1.29 is 14.0 Å². The first-order valence-electron chi connectivity index (χ1n) is 8.21. The van der Waals surface area contributed by atoms with Crippen LogP contribution in [0.4, 0.5) is 10.1 Å². The maximum atomic E-state index is 13.2. The Morgan fingerprint density at radius 1 is 1.38 bits per heavy atom. The summed E-state index contributed by atoms with van der Waals surface area (Å²) in [6.07, 6.45) is 3.43. The van der Waals surface area contributed by atoms with Gasteiger partial charge in [0.15, 0.2) is 5.71 Å². The molecule has 1 aromatic carbocycles. The van der Waals surface area contributed by atoms with Crippen molar-refractivity contribution in [2.75, 3.05) is 18.4 Å². The van der Waals surface area contributed by atoms with Gasteiger partial charge in [0.2, 0.25) is 0 Å². The molecule has 6 nitrogen and oxygen atoms in total. The lowest BCUT2D eigenvalue weighted by Gasteiger charge is -2.15. The number of anilines is 1. The van der Waals surface area contributed by atoms with E-state index in [1.807, 2.05) is 18.3 Å². The summed E-state index contributed by atoms with van der Waals surface area (Å²) in [7, 11) is 0. The molecule has 0 radical (unpaired) electrons. The molecule has 0 spiro atoms. The average molecular weight is 375 g/mol. The molecule has 26 heavy (non-hydrogen) atoms. The molecule has 1 fully saturated rings. The Labute approximate surface area is 154 Å². The van der Waals surface area contributed by atoms with Gasteiger partial charge in [0.05, 0.1) is 10.9 Å². The second-order valence-corrected chi connectivity index (χ2v) is 6.77. The molecule has 0 bridgehead atoms. The number of nitrogens with zero attached hydrogens (tertiary/aromatic N) is 3. The van der Waals surface area contributed by atoms with E-state index in [0.29, 0.717) is 24.5 Å². The molecule has 2 aliphatic heterocycles. The van der Waals surface area contributed by atoms with Crippen molar-refractivity contribution in [1.29, 1.82) is 0 Å². The van der Waals surface area contributed by atoms with Crippen LogP contribution < -0.4 is 5.32 Å². The van der Waals surface area contributed by atoms with E-state index in [9.17, 15) is 9.18 Å². The summed E-state index contributed by atoms with van der Waals surface area (Å²) >= 11 is 5.75. The first-order chi connectivity index (χ1) is 12.6. The van der Waals surface area contributed by atoms with E-state index < -0.39 is 5.82 Å². The number of aromatic nitrogens is 1. The minimum absolute atomic E-state index is 0.0474. The molecule has 8 heteroatoms. The number of halogens is 2. The van der Waals surface area contributed by atoms with Gasteiger partial charge in [0.1, 0.15) is 11.9 Å². The van der Waals surface area contributed by atoms with Crippen LogP contribution in [-0.4, -0.2) is 40.7 Å². The lowest BCUT2D eigenvalue weighted by Crippen LogP contribution is -2.32. The molecule has 1 aromatic heterocycles. The van der Waals surface area contributed by atoms with Gasteiger partial charge in [-0.1, -0.05) is 22.8 Å². The van der Waals surface area contributed by atoms with Crippen LogP contribution in [0.3, 0.4) is 0 Å². The minimum Gasteiger partial charge on any atom is -0.390 e. The van der Waals surface area contributed by atoms with Crippen LogP contribution in [0.1, 0.15) is 5.56 Å². The van der Waals surface area contributed by atoms with Crippen molar-refractivity contribution in [2.24, 2.45) is 11.1 Å². The molecule has 1 N–H and O–H groups in total. The van der Waals surface area contributed by atoms with E-state index in [1.165, 1.54) is 18.2 Å². The maximum Gasteiger partial charge on any atom is 0.273 e. The number of hydrogen-bond acceptors (Lipinski definition) is 5. The lowest BCUT2D eigenvalue weighted by molar-refractivity contribution is -0.110. The molecule has 1 amide bonds. The van der Waals surface area contributed by atoms with Gasteiger partial charge < -0.3 is 10.2 Å². The zero-order chi connectivity index (χ0) is 18.1. The summed E-state index contributed by atoms with van der Waals surface area (Å²) < 4.78 is 13.2. The van der Waals surface area contributed by atoms with Gasteiger partial charge in [0.25, 0.3) is 5.91 Å². The Bertz CT molecular complexity index is 862. The number of nitrogens with one attached hydrogen (secondary N) is 1. The Morgan fingerprint density at radius 2 is 2.27 bits per heavy atom. The summed E-state index contributed by atoms with van der Waals surface area (Å²) in [5, 5.41) is 6.61. The second kappa shape index (κ2) is 7.01. The van der Waals surface area contributed by atoms with Crippen molar-refractivity contribution in [1.82, 2.24) is 9.88 Å². The molecule has 0 aliphatic carbocycles. The maximum absolute atomic E-state index is 13.2. The number of pyridine rings is 1. The average Bonchev–Trinajstić information content (AvgIpc) is 3.19. The predicted molar refractivity (Wildman–Crippen MR) is 95.4 cm³/mol. The lowest BCUT2D eigenvalue weighted by atomic mass is 10.0. The molecule has 2 atom stereocenters. The third-order valence-corrected chi connectivity index (χ3v) is 4.81. The van der Waals surface area contributed by atoms with Gasteiger partial charge in [-0.3, -0.25) is 14.7 Å². The van der Waals surface area contributed by atoms with Crippen molar-refractivity contribution in [2.45, 2.75) is 12.6 Å². The molecular formula is C18H16ClFN4O2. The third-order valence-electron chi connectivity index (χ3n) is 4.52. The largest absolute Gasteiger partial charge is 0.390 e. The quantitative estimate of drug-likeness (QED) is 0.893. The number of benzene rings is 1. The van der Waals surface area contributed by atoms with Gasteiger partial charge in [-0.2, -0.15) is 0 Å². The number of carbonyl (C=O) groups is 1. The van der Waals surface area contributed by atoms with Crippen molar-refractivity contribution in [3.8, 4) is 0 Å². The topological polar surface area (TPSA) is 66.8 Å². The van der Waals surface area contributed by atoms with Gasteiger partial charge in [0, 0.05) is 37.7 Å². The first-order valence-corrected chi connectivity index (χ1v) is 8.59. The van der Waals surface area contributed by atoms with Crippen LogP contribution in [0, 0.1) is 11.7 Å². The predicted octanol–water partition coefficient (Wildman–Crippen LogP) is 2.70. The van der Waals surface area contributed by atoms with Crippen LogP contribution >= 0.6 is 11.6 Å². The van der Waals surface area contributed by atoms with E-state index in [1.54, 1.807) is 6.20 Å². The highest BCUT2D eigenvalue weighted by molar-refractivity contribution is 6.44. The van der Waals surface area contributed by atoms with Crippen molar-refractivity contribution in [3.05, 3.63) is 59.1 Å². The highest BCUT2D eigenvalue weighted by atomic mass is 35.5. The number of hydrogen-bond donors (Lipinski definition) is 1. The number of amides is 1. The molecule has 2 aliphatic rings. The molecule has 3 heterocycles. The fourth-order valence-electron chi connectivity index (χ4n) is 3.27. The zero-order valence-corrected chi connectivity index (χ0v) is 14.5. The molecule has 4 rings (SSSR count). The van der Waals surface area contributed by atoms with Gasteiger partial charge >= 0.3 is 0 Å². The van der Waals surface area contributed by atoms with Crippen LogP contribution in [0.2, 0.25) is 5.02 Å². The Balaban J connectivity index is 1.40. The Kier molecular flexibility index (Phi) is 4.57. The van der Waals surface area contributed by atoms with Gasteiger partial charge in [-0.25, -0.2) is 4.39 Å². The molecule has 134 valence electrons. The molecule has 2 aromatic rings. The summed E-state index contributed by atoms with van der Waals surface area (Å²) in [6, 6.07) is 7.94. The Morgan fingerprint density at radius 3 is 3.04 bits per heavy atom. The molecule has 1 saturated heterocycles. The number of rotatable bonds is 4. The second-order valence-electron chi connectivity index (χ2n) is 6.37. The van der Waals surface area contributed by atoms with Gasteiger partial charge in [-0.15, -0.1) is 0 Å². The van der Waals surface area contributed by atoms with Crippen LogP contribution in [0.25, 0.3) is 0 Å². The fourth-order valence-corrected chi connectivity index (χ4v) is 3.45. The normalized spacial score (nSPS) is 21.8. The van der Waals surface area contributed by atoms with E-state index in [-0.39, 0.29) is 23.0 Å². The first kappa shape index (κ1) is 16.9. The summed E-state index contributed by atoms with van der Waals surface area (Å²) in [5.74, 6) is -0.987. The van der Waals surface area contributed by atoms with Gasteiger partial charge in [-0.05, 0) is 29.8 Å². The van der Waals surface area contributed by atoms with Crippen LogP contribution in [-0.2, 0) is 16.2 Å². The highest BCUT2D eigenvalue weighted by Gasteiger charge is 2.44. The SMILES string of the molecule is O=C(Nc1ccc(F)c(Cl)c1)C1=NO[C@@H]2CN(Cc3cccnc3)C[C@H]12. The summed E-state index contributed by atoms with van der Waals surface area (Å²) in [5.41, 5.74) is 1.87.